The van der Waals surface area contributed by atoms with E-state index in [-0.39, 0.29) is 22.8 Å². The third-order valence-electron chi connectivity index (χ3n) is 5.75. The van der Waals surface area contributed by atoms with Crippen molar-refractivity contribution in [1.29, 1.82) is 0 Å². The lowest BCUT2D eigenvalue weighted by Gasteiger charge is -2.43. The highest BCUT2D eigenvalue weighted by Crippen LogP contribution is 2.62. The van der Waals surface area contributed by atoms with Gasteiger partial charge in [-0.2, -0.15) is 0 Å². The molecule has 0 saturated heterocycles. The second-order valence-electron chi connectivity index (χ2n) is 7.48. The summed E-state index contributed by atoms with van der Waals surface area (Å²) in [4.78, 5) is 12.6. The van der Waals surface area contributed by atoms with E-state index in [1.54, 1.807) is 0 Å². The van der Waals surface area contributed by atoms with Gasteiger partial charge in [-0.15, -0.1) is 0 Å². The molecule has 4 heteroatoms. The van der Waals surface area contributed by atoms with Crippen molar-refractivity contribution >= 4 is 21.8 Å². The Kier molecular flexibility index (Phi) is 3.09. The zero-order valence-electron chi connectivity index (χ0n) is 12.7. The van der Waals surface area contributed by atoms with Gasteiger partial charge in [0.2, 0.25) is 0 Å². The molecule has 1 aromatic heterocycles. The molecule has 1 heterocycles. The van der Waals surface area contributed by atoms with E-state index >= 15 is 0 Å². The van der Waals surface area contributed by atoms with Crippen LogP contribution in [0.25, 0.3) is 0 Å². The van der Waals surface area contributed by atoms with Gasteiger partial charge < -0.3 is 9.88 Å². The van der Waals surface area contributed by atoms with Crippen LogP contribution in [0, 0.1) is 16.7 Å². The van der Waals surface area contributed by atoms with Crippen LogP contribution in [-0.2, 0) is 7.05 Å². The Balaban J connectivity index is 1.84. The Hall–Kier alpha value is -0.770. The van der Waals surface area contributed by atoms with Crippen molar-refractivity contribution in [3.05, 3.63) is 22.4 Å². The molecule has 0 aromatic carbocycles. The first kappa shape index (κ1) is 14.2. The molecule has 110 valence electrons. The van der Waals surface area contributed by atoms with Crippen molar-refractivity contribution < 1.29 is 4.79 Å². The van der Waals surface area contributed by atoms with Crippen LogP contribution in [0.15, 0.2) is 16.7 Å². The van der Waals surface area contributed by atoms with Crippen LogP contribution < -0.4 is 5.32 Å². The van der Waals surface area contributed by atoms with Gasteiger partial charge in [-0.1, -0.05) is 20.8 Å². The largest absolute Gasteiger partial charge is 0.347 e. The molecule has 3 nitrogen and oxygen atoms in total. The van der Waals surface area contributed by atoms with Gasteiger partial charge in [0.15, 0.2) is 0 Å². The summed E-state index contributed by atoms with van der Waals surface area (Å²) in [7, 11) is 1.91. The van der Waals surface area contributed by atoms with Crippen molar-refractivity contribution in [2.45, 2.75) is 46.1 Å². The first-order chi connectivity index (χ1) is 9.24. The van der Waals surface area contributed by atoms with E-state index in [1.807, 2.05) is 23.9 Å². The average molecular weight is 339 g/mol. The van der Waals surface area contributed by atoms with Crippen LogP contribution >= 0.6 is 15.9 Å². The van der Waals surface area contributed by atoms with Crippen molar-refractivity contribution in [2.75, 3.05) is 0 Å². The van der Waals surface area contributed by atoms with Crippen LogP contribution in [0.5, 0.6) is 0 Å². The van der Waals surface area contributed by atoms with Gasteiger partial charge in [0.1, 0.15) is 5.69 Å². The zero-order valence-corrected chi connectivity index (χ0v) is 14.3. The monoisotopic (exact) mass is 338 g/mol. The summed E-state index contributed by atoms with van der Waals surface area (Å²) >= 11 is 3.43. The fourth-order valence-electron chi connectivity index (χ4n) is 4.62. The highest BCUT2D eigenvalue weighted by molar-refractivity contribution is 9.10. The lowest BCUT2D eigenvalue weighted by atomic mass is 9.68. The van der Waals surface area contributed by atoms with Crippen LogP contribution in [-0.4, -0.2) is 16.5 Å². The van der Waals surface area contributed by atoms with E-state index in [9.17, 15) is 4.79 Å². The van der Waals surface area contributed by atoms with Gasteiger partial charge in [-0.05, 0) is 58.0 Å². The number of nitrogens with one attached hydrogen (secondary N) is 1. The number of fused-ring (bicyclic) bond motifs is 2. The minimum absolute atomic E-state index is 0.0463. The fraction of sp³-hybridized carbons (Fsp3) is 0.688. The van der Waals surface area contributed by atoms with Crippen molar-refractivity contribution in [1.82, 2.24) is 9.88 Å². The number of carbonyl (C=O) groups excluding carboxylic acids is 1. The van der Waals surface area contributed by atoms with E-state index in [0.717, 1.165) is 16.1 Å². The van der Waals surface area contributed by atoms with Crippen LogP contribution in [0.3, 0.4) is 0 Å². The number of carbonyl (C=O) groups is 1. The van der Waals surface area contributed by atoms with Crippen LogP contribution in [0.4, 0.5) is 0 Å². The van der Waals surface area contributed by atoms with Gasteiger partial charge in [-0.3, -0.25) is 4.79 Å². The van der Waals surface area contributed by atoms with Crippen molar-refractivity contribution in [2.24, 2.45) is 23.8 Å². The molecule has 3 atom stereocenters. The maximum absolute atomic E-state index is 12.6. The highest BCUT2D eigenvalue weighted by Gasteiger charge is 2.59. The molecule has 2 saturated carbocycles. The first-order valence-corrected chi connectivity index (χ1v) is 8.16. The number of hydrogen-bond acceptors (Lipinski definition) is 1. The number of hydrogen-bond donors (Lipinski definition) is 1. The molecule has 2 aliphatic carbocycles. The summed E-state index contributed by atoms with van der Waals surface area (Å²) in [6.45, 7) is 6.97. The minimum atomic E-state index is 0.0463. The smallest absolute Gasteiger partial charge is 0.268 e. The van der Waals surface area contributed by atoms with E-state index in [0.29, 0.717) is 0 Å². The normalized spacial score (nSPS) is 34.5. The molecule has 0 spiro atoms. The van der Waals surface area contributed by atoms with Gasteiger partial charge >= 0.3 is 0 Å². The van der Waals surface area contributed by atoms with Crippen LogP contribution in [0.2, 0.25) is 0 Å². The zero-order chi connectivity index (χ0) is 14.7. The Bertz CT molecular complexity index is 558. The number of aromatic nitrogens is 1. The predicted molar refractivity (Wildman–Crippen MR) is 83.6 cm³/mol. The van der Waals surface area contributed by atoms with Gasteiger partial charge in [0.05, 0.1) is 0 Å². The van der Waals surface area contributed by atoms with Crippen molar-refractivity contribution in [3.8, 4) is 0 Å². The van der Waals surface area contributed by atoms with Gasteiger partial charge in [-0.25, -0.2) is 0 Å². The first-order valence-electron chi connectivity index (χ1n) is 7.37. The predicted octanol–water partition coefficient (Wildman–Crippen LogP) is 3.73. The topological polar surface area (TPSA) is 34.0 Å². The van der Waals surface area contributed by atoms with E-state index in [2.05, 4.69) is 42.0 Å². The van der Waals surface area contributed by atoms with E-state index < -0.39 is 0 Å². The summed E-state index contributed by atoms with van der Waals surface area (Å²) in [5.74, 6) is 0.794. The molecular weight excluding hydrogens is 316 g/mol. The third-order valence-corrected chi connectivity index (χ3v) is 6.18. The number of rotatable bonds is 2. The SMILES string of the molecule is Cn1cc(Br)cc1C(=O)NC1C2(C)CCC(C2)C1(C)C. The molecule has 1 N–H and O–H groups in total. The van der Waals surface area contributed by atoms with Crippen molar-refractivity contribution in [3.63, 3.8) is 0 Å². The minimum Gasteiger partial charge on any atom is -0.347 e. The molecular formula is C16H23BrN2O. The quantitative estimate of drug-likeness (QED) is 0.875. The molecule has 0 aliphatic heterocycles. The second kappa shape index (κ2) is 4.36. The fourth-order valence-corrected chi connectivity index (χ4v) is 5.14. The molecule has 0 radical (unpaired) electrons. The lowest BCUT2D eigenvalue weighted by Crippen LogP contribution is -2.52. The molecule has 2 aliphatic rings. The summed E-state index contributed by atoms with van der Waals surface area (Å²) < 4.78 is 2.82. The molecule has 1 amide bonds. The summed E-state index contributed by atoms with van der Waals surface area (Å²) in [5.41, 5.74) is 1.19. The van der Waals surface area contributed by atoms with E-state index in [1.165, 1.54) is 19.3 Å². The van der Waals surface area contributed by atoms with Gasteiger partial charge in [0.25, 0.3) is 5.91 Å². The van der Waals surface area contributed by atoms with Crippen LogP contribution in [0.1, 0.15) is 50.5 Å². The maximum Gasteiger partial charge on any atom is 0.268 e. The Morgan fingerprint density at radius 1 is 1.45 bits per heavy atom. The van der Waals surface area contributed by atoms with E-state index in [4.69, 9.17) is 0 Å². The summed E-state index contributed by atoms with van der Waals surface area (Å²) in [5, 5.41) is 3.33. The molecule has 3 rings (SSSR count). The number of nitrogens with zero attached hydrogens (tertiary/aromatic N) is 1. The molecule has 1 aromatic rings. The maximum atomic E-state index is 12.6. The molecule has 2 bridgehead atoms. The highest BCUT2D eigenvalue weighted by atomic mass is 79.9. The molecule has 2 fully saturated rings. The summed E-state index contributed by atoms with van der Waals surface area (Å²) in [6.07, 6.45) is 5.72. The Labute approximate surface area is 129 Å². The Morgan fingerprint density at radius 2 is 2.15 bits per heavy atom. The molecule has 3 unspecified atom stereocenters. The summed E-state index contributed by atoms with van der Waals surface area (Å²) in [6, 6.07) is 2.16. The third kappa shape index (κ3) is 1.95. The second-order valence-corrected chi connectivity index (χ2v) is 8.39. The lowest BCUT2D eigenvalue weighted by molar-refractivity contribution is 0.0730. The molecule has 20 heavy (non-hydrogen) atoms. The van der Waals surface area contributed by atoms with Gasteiger partial charge in [0, 0.05) is 23.8 Å². The standard InChI is InChI=1S/C16H23BrN2O/c1-15(2)10-5-6-16(3,8-10)14(15)18-13(20)12-7-11(17)9-19(12)4/h7,9-10,14H,5-6,8H2,1-4H3,(H,18,20). The number of amides is 1. The number of aryl methyl sites for hydroxylation is 1. The average Bonchev–Trinajstić information content (AvgIpc) is 2.93. The Morgan fingerprint density at radius 3 is 2.65 bits per heavy atom. The number of halogens is 1.